The molecule has 1 aliphatic rings. The van der Waals surface area contributed by atoms with Gasteiger partial charge in [0.2, 0.25) is 0 Å². The molecule has 2 heterocycles. The van der Waals surface area contributed by atoms with E-state index in [1.807, 2.05) is 24.5 Å². The second-order valence-electron chi connectivity index (χ2n) is 5.88. The zero-order chi connectivity index (χ0) is 19.4. The van der Waals surface area contributed by atoms with Gasteiger partial charge in [0.15, 0.2) is 0 Å². The van der Waals surface area contributed by atoms with Crippen LogP contribution in [0.4, 0.5) is 9.80 Å². The summed E-state index contributed by atoms with van der Waals surface area (Å²) >= 11 is 2.91. The summed E-state index contributed by atoms with van der Waals surface area (Å²) in [6.07, 6.45) is 2.17. The van der Waals surface area contributed by atoms with Gasteiger partial charge in [-0.1, -0.05) is 6.07 Å². The minimum atomic E-state index is -0.352. The van der Waals surface area contributed by atoms with Crippen LogP contribution in [0.1, 0.15) is 33.3 Å². The van der Waals surface area contributed by atoms with Gasteiger partial charge in [0, 0.05) is 21.9 Å². The highest BCUT2D eigenvalue weighted by Crippen LogP contribution is 2.37. The van der Waals surface area contributed by atoms with Crippen LogP contribution in [0.25, 0.3) is 0 Å². The zero-order valence-electron chi connectivity index (χ0n) is 15.1. The predicted octanol–water partition coefficient (Wildman–Crippen LogP) is 4.11. The first-order valence-corrected chi connectivity index (χ1v) is 10.5. The Labute approximate surface area is 166 Å². The highest BCUT2D eigenvalue weighted by atomic mass is 32.2. The third kappa shape index (κ3) is 4.10. The SMILES string of the molecule is CCOC(=O)N1CCc2c(sc(NC(=O)c3cccc(SC)c3)c2C#N)C1. The van der Waals surface area contributed by atoms with E-state index in [9.17, 15) is 14.9 Å². The number of amides is 2. The van der Waals surface area contributed by atoms with Crippen LogP contribution in [0, 0.1) is 11.3 Å². The number of fused-ring (bicyclic) bond motifs is 1. The van der Waals surface area contributed by atoms with E-state index in [2.05, 4.69) is 11.4 Å². The number of thiophene rings is 1. The van der Waals surface area contributed by atoms with Crippen molar-refractivity contribution in [3.05, 3.63) is 45.8 Å². The molecule has 1 aromatic heterocycles. The predicted molar refractivity (Wildman–Crippen MR) is 106 cm³/mol. The fourth-order valence-electron chi connectivity index (χ4n) is 2.92. The Morgan fingerprint density at radius 1 is 1.44 bits per heavy atom. The van der Waals surface area contributed by atoms with Crippen LogP contribution < -0.4 is 5.32 Å². The van der Waals surface area contributed by atoms with Gasteiger partial charge in [-0.15, -0.1) is 23.1 Å². The molecule has 0 aliphatic carbocycles. The molecule has 1 aliphatic heterocycles. The van der Waals surface area contributed by atoms with E-state index in [0.29, 0.717) is 42.2 Å². The van der Waals surface area contributed by atoms with Crippen molar-refractivity contribution in [2.24, 2.45) is 0 Å². The summed E-state index contributed by atoms with van der Waals surface area (Å²) in [7, 11) is 0. The molecule has 6 nitrogen and oxygen atoms in total. The van der Waals surface area contributed by atoms with Gasteiger partial charge in [-0.05, 0) is 43.4 Å². The normalized spacial score (nSPS) is 12.9. The molecule has 0 saturated heterocycles. The lowest BCUT2D eigenvalue weighted by atomic mass is 10.0. The van der Waals surface area contributed by atoms with Crippen LogP contribution in [-0.2, 0) is 17.7 Å². The summed E-state index contributed by atoms with van der Waals surface area (Å²) in [5.41, 5.74) is 1.95. The van der Waals surface area contributed by atoms with E-state index >= 15 is 0 Å². The lowest BCUT2D eigenvalue weighted by Crippen LogP contribution is -2.35. The molecule has 2 amide bonds. The Hall–Kier alpha value is -2.50. The molecule has 0 atom stereocenters. The van der Waals surface area contributed by atoms with Gasteiger partial charge in [0.05, 0.1) is 18.7 Å². The van der Waals surface area contributed by atoms with Gasteiger partial charge in [-0.2, -0.15) is 5.26 Å². The van der Waals surface area contributed by atoms with Gasteiger partial charge in [-0.25, -0.2) is 4.79 Å². The number of benzene rings is 1. The topological polar surface area (TPSA) is 82.4 Å². The molecule has 0 fully saturated rings. The number of carbonyl (C=O) groups excluding carboxylic acids is 2. The maximum atomic E-state index is 12.6. The van der Waals surface area contributed by atoms with E-state index in [-0.39, 0.29) is 12.0 Å². The van der Waals surface area contributed by atoms with Gasteiger partial charge in [0.1, 0.15) is 11.1 Å². The largest absolute Gasteiger partial charge is 0.450 e. The molecule has 1 N–H and O–H groups in total. The number of nitrogens with zero attached hydrogens (tertiary/aromatic N) is 2. The first-order valence-electron chi connectivity index (χ1n) is 8.49. The Bertz CT molecular complexity index is 917. The molecule has 0 unspecified atom stereocenters. The third-order valence-corrected chi connectivity index (χ3v) is 6.11. The molecule has 0 saturated carbocycles. The minimum Gasteiger partial charge on any atom is -0.450 e. The number of thioether (sulfide) groups is 1. The Kier molecular flexibility index (Phi) is 6.04. The lowest BCUT2D eigenvalue weighted by Gasteiger charge is -2.25. The summed E-state index contributed by atoms with van der Waals surface area (Å²) in [5, 5.41) is 13.0. The van der Waals surface area contributed by atoms with Crippen molar-refractivity contribution in [2.45, 2.75) is 24.8 Å². The third-order valence-electron chi connectivity index (χ3n) is 4.25. The number of nitriles is 1. The van der Waals surface area contributed by atoms with Crippen LogP contribution in [0.3, 0.4) is 0 Å². The van der Waals surface area contributed by atoms with E-state index in [4.69, 9.17) is 4.74 Å². The van der Waals surface area contributed by atoms with E-state index < -0.39 is 0 Å². The van der Waals surface area contributed by atoms with Gasteiger partial charge >= 0.3 is 6.09 Å². The summed E-state index contributed by atoms with van der Waals surface area (Å²) in [6, 6.07) is 9.55. The number of ether oxygens (including phenoxy) is 1. The molecule has 27 heavy (non-hydrogen) atoms. The average molecular weight is 402 g/mol. The molecular weight excluding hydrogens is 382 g/mol. The molecule has 2 aromatic rings. The molecule has 1 aromatic carbocycles. The molecule has 0 bridgehead atoms. The second-order valence-corrected chi connectivity index (χ2v) is 7.86. The molecular formula is C19H19N3O3S2. The summed E-state index contributed by atoms with van der Waals surface area (Å²) in [4.78, 5) is 28.1. The molecule has 3 rings (SSSR count). The smallest absolute Gasteiger partial charge is 0.410 e. The Balaban J connectivity index is 1.82. The first kappa shape index (κ1) is 19.3. The summed E-state index contributed by atoms with van der Waals surface area (Å²) in [5.74, 6) is -0.247. The van der Waals surface area contributed by atoms with Crippen LogP contribution >= 0.6 is 23.1 Å². The molecule has 140 valence electrons. The number of carbonyl (C=O) groups is 2. The molecule has 8 heteroatoms. The number of rotatable bonds is 4. The van der Waals surface area contributed by atoms with Crippen molar-refractivity contribution in [1.82, 2.24) is 4.90 Å². The number of nitrogens with one attached hydrogen (secondary N) is 1. The maximum Gasteiger partial charge on any atom is 0.410 e. The van der Waals surface area contributed by atoms with Crippen LogP contribution in [0.5, 0.6) is 0 Å². The van der Waals surface area contributed by atoms with Crippen LogP contribution in [-0.4, -0.2) is 36.3 Å². The summed E-state index contributed by atoms with van der Waals surface area (Å²) < 4.78 is 5.06. The van der Waals surface area contributed by atoms with Gasteiger partial charge < -0.3 is 15.0 Å². The Morgan fingerprint density at radius 3 is 2.96 bits per heavy atom. The molecule has 0 radical (unpaired) electrons. The number of hydrogen-bond acceptors (Lipinski definition) is 6. The minimum absolute atomic E-state index is 0.247. The highest BCUT2D eigenvalue weighted by molar-refractivity contribution is 7.98. The van der Waals surface area contributed by atoms with Crippen molar-refractivity contribution < 1.29 is 14.3 Å². The average Bonchev–Trinajstić information content (AvgIpc) is 3.04. The monoisotopic (exact) mass is 401 g/mol. The van der Waals surface area contributed by atoms with Gasteiger partial charge in [-0.3, -0.25) is 4.79 Å². The van der Waals surface area contributed by atoms with Crippen LogP contribution in [0.2, 0.25) is 0 Å². The van der Waals surface area contributed by atoms with Gasteiger partial charge in [0.25, 0.3) is 5.91 Å². The zero-order valence-corrected chi connectivity index (χ0v) is 16.7. The van der Waals surface area contributed by atoms with Crippen molar-refractivity contribution in [2.75, 3.05) is 24.7 Å². The van der Waals surface area contributed by atoms with E-state index in [1.54, 1.807) is 29.7 Å². The van der Waals surface area contributed by atoms with Crippen molar-refractivity contribution in [3.63, 3.8) is 0 Å². The maximum absolute atomic E-state index is 12.6. The van der Waals surface area contributed by atoms with Crippen molar-refractivity contribution in [1.29, 1.82) is 5.26 Å². The van der Waals surface area contributed by atoms with E-state index in [0.717, 1.165) is 15.3 Å². The van der Waals surface area contributed by atoms with Crippen LogP contribution in [0.15, 0.2) is 29.2 Å². The fourth-order valence-corrected chi connectivity index (χ4v) is 4.59. The first-order chi connectivity index (χ1) is 13.1. The molecule has 0 spiro atoms. The van der Waals surface area contributed by atoms with E-state index in [1.165, 1.54) is 11.3 Å². The number of anilines is 1. The second kappa shape index (κ2) is 8.46. The highest BCUT2D eigenvalue weighted by Gasteiger charge is 2.28. The Morgan fingerprint density at radius 2 is 2.26 bits per heavy atom. The fraction of sp³-hybridized carbons (Fsp3) is 0.316. The van der Waals surface area contributed by atoms with Crippen molar-refractivity contribution >= 4 is 40.1 Å². The number of hydrogen-bond donors (Lipinski definition) is 1. The lowest BCUT2D eigenvalue weighted by molar-refractivity contribution is 0.102. The summed E-state index contributed by atoms with van der Waals surface area (Å²) in [6.45, 7) is 2.99. The van der Waals surface area contributed by atoms with Crippen molar-refractivity contribution in [3.8, 4) is 6.07 Å². The standard InChI is InChI=1S/C19H19N3O3S2/c1-3-25-19(24)22-8-7-14-15(10-20)18(27-16(14)11-22)21-17(23)12-5-4-6-13(9-12)26-2/h4-6,9H,3,7-8,11H2,1-2H3,(H,21,23). The quantitative estimate of drug-likeness (QED) is 0.780.